The third kappa shape index (κ3) is 2.29. The van der Waals surface area contributed by atoms with E-state index in [4.69, 9.17) is 5.26 Å². The Balaban J connectivity index is 1.81. The summed E-state index contributed by atoms with van der Waals surface area (Å²) in [5.41, 5.74) is 1.56. The van der Waals surface area contributed by atoms with E-state index in [1.54, 1.807) is 6.20 Å². The molecule has 1 fully saturated rings. The first-order valence-corrected chi connectivity index (χ1v) is 6.37. The maximum absolute atomic E-state index is 8.99. The summed E-state index contributed by atoms with van der Waals surface area (Å²) >= 11 is 0. The normalized spacial score (nSPS) is 18.5. The third-order valence-electron chi connectivity index (χ3n) is 3.50. The SMILES string of the molecule is Cc1cc(C#N)nc(N2CCC(n3ccnc3)C2)c1. The van der Waals surface area contributed by atoms with Crippen molar-refractivity contribution >= 4 is 5.82 Å². The summed E-state index contributed by atoms with van der Waals surface area (Å²) in [6.07, 6.45) is 6.74. The van der Waals surface area contributed by atoms with Gasteiger partial charge in [0.2, 0.25) is 0 Å². The topological polar surface area (TPSA) is 57.7 Å². The summed E-state index contributed by atoms with van der Waals surface area (Å²) in [6, 6.07) is 6.41. The maximum atomic E-state index is 8.99. The number of hydrogen-bond acceptors (Lipinski definition) is 4. The number of nitriles is 1. The molecule has 5 heteroatoms. The minimum absolute atomic E-state index is 0.440. The second kappa shape index (κ2) is 4.73. The number of hydrogen-bond donors (Lipinski definition) is 0. The number of rotatable bonds is 2. The number of anilines is 1. The van der Waals surface area contributed by atoms with Gasteiger partial charge in [0.25, 0.3) is 0 Å². The van der Waals surface area contributed by atoms with E-state index >= 15 is 0 Å². The van der Waals surface area contributed by atoms with E-state index in [-0.39, 0.29) is 0 Å². The second-order valence-corrected chi connectivity index (χ2v) is 4.90. The molecule has 0 amide bonds. The minimum atomic E-state index is 0.440. The summed E-state index contributed by atoms with van der Waals surface area (Å²) in [6.45, 7) is 3.87. The van der Waals surface area contributed by atoms with Crippen LogP contribution in [0, 0.1) is 18.3 Å². The highest BCUT2D eigenvalue weighted by Gasteiger charge is 2.24. The molecule has 1 aliphatic heterocycles. The summed E-state index contributed by atoms with van der Waals surface area (Å²) in [5.74, 6) is 0.902. The molecular weight excluding hydrogens is 238 g/mol. The van der Waals surface area contributed by atoms with E-state index in [0.29, 0.717) is 11.7 Å². The molecule has 2 aromatic heterocycles. The Morgan fingerprint density at radius 3 is 3.05 bits per heavy atom. The second-order valence-electron chi connectivity index (χ2n) is 4.90. The fraction of sp³-hybridized carbons (Fsp3) is 0.357. The molecule has 0 N–H and O–H groups in total. The average Bonchev–Trinajstić information content (AvgIpc) is 3.08. The van der Waals surface area contributed by atoms with Crippen LogP contribution in [0.5, 0.6) is 0 Å². The molecule has 19 heavy (non-hydrogen) atoms. The molecule has 0 aromatic carbocycles. The molecule has 1 aliphatic rings. The summed E-state index contributed by atoms with van der Waals surface area (Å²) in [5, 5.41) is 8.99. The zero-order chi connectivity index (χ0) is 13.2. The Kier molecular flexibility index (Phi) is 2.92. The lowest BCUT2D eigenvalue weighted by atomic mass is 10.2. The lowest BCUT2D eigenvalue weighted by Gasteiger charge is -2.18. The quantitative estimate of drug-likeness (QED) is 0.820. The average molecular weight is 253 g/mol. The molecule has 3 heterocycles. The Labute approximate surface area is 112 Å². The molecular formula is C14H15N5. The highest BCUT2D eigenvalue weighted by Crippen LogP contribution is 2.26. The van der Waals surface area contributed by atoms with E-state index in [0.717, 1.165) is 30.9 Å². The fourth-order valence-corrected chi connectivity index (χ4v) is 2.55. The van der Waals surface area contributed by atoms with E-state index in [9.17, 15) is 0 Å². The third-order valence-corrected chi connectivity index (χ3v) is 3.50. The predicted octanol–water partition coefficient (Wildman–Crippen LogP) is 1.91. The first kappa shape index (κ1) is 11.7. The Hall–Kier alpha value is -2.35. The first-order valence-electron chi connectivity index (χ1n) is 6.37. The first-order chi connectivity index (χ1) is 9.26. The Morgan fingerprint density at radius 1 is 1.42 bits per heavy atom. The van der Waals surface area contributed by atoms with Crippen molar-refractivity contribution in [3.63, 3.8) is 0 Å². The van der Waals surface area contributed by atoms with E-state index in [1.165, 1.54) is 0 Å². The largest absolute Gasteiger partial charge is 0.354 e. The summed E-state index contributed by atoms with van der Waals surface area (Å²) in [4.78, 5) is 10.7. The molecule has 96 valence electrons. The van der Waals surface area contributed by atoms with Crippen LogP contribution >= 0.6 is 0 Å². The van der Waals surface area contributed by atoms with Gasteiger partial charge in [-0.15, -0.1) is 0 Å². The van der Waals surface area contributed by atoms with Crippen LogP contribution in [0.3, 0.4) is 0 Å². The van der Waals surface area contributed by atoms with Crippen LogP contribution in [-0.2, 0) is 0 Å². The number of aryl methyl sites for hydroxylation is 1. The van der Waals surface area contributed by atoms with Crippen molar-refractivity contribution in [1.29, 1.82) is 5.26 Å². The van der Waals surface area contributed by atoms with Gasteiger partial charge in [-0.25, -0.2) is 9.97 Å². The number of aromatic nitrogens is 3. The van der Waals surface area contributed by atoms with Crippen molar-refractivity contribution in [2.24, 2.45) is 0 Å². The van der Waals surface area contributed by atoms with Crippen LogP contribution in [0.2, 0.25) is 0 Å². The zero-order valence-corrected chi connectivity index (χ0v) is 10.8. The highest BCUT2D eigenvalue weighted by molar-refractivity contribution is 5.45. The van der Waals surface area contributed by atoms with Gasteiger partial charge in [0.05, 0.1) is 12.4 Å². The molecule has 5 nitrogen and oxygen atoms in total. The van der Waals surface area contributed by atoms with Crippen LogP contribution in [0.4, 0.5) is 5.82 Å². The molecule has 1 atom stereocenters. The molecule has 2 aromatic rings. The predicted molar refractivity (Wildman–Crippen MR) is 71.8 cm³/mol. The molecule has 1 unspecified atom stereocenters. The Bertz CT molecular complexity index is 611. The van der Waals surface area contributed by atoms with Crippen LogP contribution in [0.25, 0.3) is 0 Å². The molecule has 1 saturated heterocycles. The maximum Gasteiger partial charge on any atom is 0.143 e. The number of pyridine rings is 1. The highest BCUT2D eigenvalue weighted by atomic mass is 15.2. The summed E-state index contributed by atoms with van der Waals surface area (Å²) < 4.78 is 2.14. The van der Waals surface area contributed by atoms with Crippen molar-refractivity contribution in [3.05, 3.63) is 42.1 Å². The molecule has 0 saturated carbocycles. The lowest BCUT2D eigenvalue weighted by molar-refractivity contribution is 0.551. The van der Waals surface area contributed by atoms with Gasteiger partial charge in [-0.2, -0.15) is 5.26 Å². The van der Waals surface area contributed by atoms with Crippen LogP contribution in [0.1, 0.15) is 23.7 Å². The van der Waals surface area contributed by atoms with Crippen molar-refractivity contribution in [1.82, 2.24) is 14.5 Å². The van der Waals surface area contributed by atoms with Crippen LogP contribution in [-0.4, -0.2) is 27.6 Å². The molecule has 0 radical (unpaired) electrons. The van der Waals surface area contributed by atoms with Gasteiger partial charge in [0.1, 0.15) is 17.6 Å². The zero-order valence-electron chi connectivity index (χ0n) is 10.8. The van der Waals surface area contributed by atoms with E-state index in [1.807, 2.05) is 31.6 Å². The van der Waals surface area contributed by atoms with Gasteiger partial charge in [-0.05, 0) is 31.0 Å². The minimum Gasteiger partial charge on any atom is -0.354 e. The van der Waals surface area contributed by atoms with Gasteiger partial charge in [-0.3, -0.25) is 0 Å². The molecule has 0 bridgehead atoms. The van der Waals surface area contributed by atoms with Gasteiger partial charge >= 0.3 is 0 Å². The number of imidazole rings is 1. The molecule has 0 spiro atoms. The van der Waals surface area contributed by atoms with Gasteiger partial charge in [0, 0.05) is 25.5 Å². The lowest BCUT2D eigenvalue weighted by Crippen LogP contribution is -2.22. The van der Waals surface area contributed by atoms with Crippen molar-refractivity contribution in [2.75, 3.05) is 18.0 Å². The monoisotopic (exact) mass is 253 g/mol. The smallest absolute Gasteiger partial charge is 0.143 e. The van der Waals surface area contributed by atoms with Crippen LogP contribution in [0.15, 0.2) is 30.9 Å². The molecule has 0 aliphatic carbocycles. The number of nitrogens with zero attached hydrogens (tertiary/aromatic N) is 5. The van der Waals surface area contributed by atoms with Crippen molar-refractivity contribution in [3.8, 4) is 6.07 Å². The van der Waals surface area contributed by atoms with Crippen molar-refractivity contribution < 1.29 is 0 Å². The van der Waals surface area contributed by atoms with Gasteiger partial charge in [-0.1, -0.05) is 0 Å². The van der Waals surface area contributed by atoms with E-state index < -0.39 is 0 Å². The molecule has 3 rings (SSSR count). The van der Waals surface area contributed by atoms with Gasteiger partial charge < -0.3 is 9.47 Å². The van der Waals surface area contributed by atoms with E-state index in [2.05, 4.69) is 25.5 Å². The standard InChI is InChI=1S/C14H15N5/c1-11-6-12(8-15)17-14(7-11)18-4-2-13(9-18)19-5-3-16-10-19/h3,5-7,10,13H,2,4,9H2,1H3. The fourth-order valence-electron chi connectivity index (χ4n) is 2.55. The van der Waals surface area contributed by atoms with Crippen LogP contribution < -0.4 is 4.90 Å². The Morgan fingerprint density at radius 2 is 2.32 bits per heavy atom. The summed E-state index contributed by atoms with van der Waals surface area (Å²) in [7, 11) is 0. The van der Waals surface area contributed by atoms with Crippen molar-refractivity contribution in [2.45, 2.75) is 19.4 Å². The van der Waals surface area contributed by atoms with Gasteiger partial charge in [0.15, 0.2) is 0 Å².